The average molecular weight is 310 g/mol. The summed E-state index contributed by atoms with van der Waals surface area (Å²) in [5.74, 6) is 0. The second-order valence-electron chi connectivity index (χ2n) is 5.86. The van der Waals surface area contributed by atoms with Crippen LogP contribution in [0.5, 0.6) is 0 Å². The fourth-order valence-corrected chi connectivity index (χ4v) is 3.61. The van der Waals surface area contributed by atoms with Crippen LogP contribution in [0, 0.1) is 0 Å². The molecule has 2 atom stereocenters. The number of benzene rings is 1. The molecule has 0 aliphatic carbocycles. The van der Waals surface area contributed by atoms with Gasteiger partial charge in [-0.1, -0.05) is 17.7 Å². The van der Waals surface area contributed by atoms with Crippen molar-refractivity contribution < 1.29 is 4.74 Å². The molecule has 4 nitrogen and oxygen atoms in total. The van der Waals surface area contributed by atoms with Gasteiger partial charge in [0.05, 0.1) is 6.10 Å². The van der Waals surface area contributed by atoms with Crippen LogP contribution in [0.1, 0.15) is 12.8 Å². The molecule has 3 rings (SSSR count). The van der Waals surface area contributed by atoms with Crippen LogP contribution in [-0.2, 0) is 4.74 Å². The lowest BCUT2D eigenvalue weighted by molar-refractivity contribution is 0.0250. The molecule has 1 aromatic rings. The zero-order chi connectivity index (χ0) is 14.7. The summed E-state index contributed by atoms with van der Waals surface area (Å²) in [6.07, 6.45) is 2.65. The molecular weight excluding hydrogens is 286 g/mol. The van der Waals surface area contributed by atoms with Gasteiger partial charge >= 0.3 is 0 Å². The summed E-state index contributed by atoms with van der Waals surface area (Å²) in [4.78, 5) is 4.89. The Bertz CT molecular complexity index is 457. The van der Waals surface area contributed by atoms with Crippen molar-refractivity contribution in [2.24, 2.45) is 5.73 Å². The first-order valence-corrected chi connectivity index (χ1v) is 8.22. The normalized spacial score (nSPS) is 25.2. The Hall–Kier alpha value is -0.810. The molecule has 0 saturated carbocycles. The quantitative estimate of drug-likeness (QED) is 0.923. The van der Waals surface area contributed by atoms with E-state index in [2.05, 4.69) is 15.9 Å². The molecule has 2 unspecified atom stereocenters. The third-order valence-corrected chi connectivity index (χ3v) is 4.83. The predicted molar refractivity (Wildman–Crippen MR) is 87.1 cm³/mol. The third-order valence-electron chi connectivity index (χ3n) is 4.59. The van der Waals surface area contributed by atoms with Crippen molar-refractivity contribution in [1.82, 2.24) is 4.90 Å². The molecule has 2 aliphatic rings. The van der Waals surface area contributed by atoms with E-state index < -0.39 is 0 Å². The Kier molecular flexibility index (Phi) is 5.01. The number of nitrogens with two attached hydrogens (primary N) is 1. The van der Waals surface area contributed by atoms with E-state index in [0.717, 1.165) is 44.2 Å². The molecule has 116 valence electrons. The van der Waals surface area contributed by atoms with Crippen molar-refractivity contribution in [2.45, 2.75) is 25.0 Å². The highest BCUT2D eigenvalue weighted by molar-refractivity contribution is 6.30. The number of halogens is 1. The lowest BCUT2D eigenvalue weighted by atomic mass is 10.1. The van der Waals surface area contributed by atoms with E-state index in [9.17, 15) is 0 Å². The van der Waals surface area contributed by atoms with Gasteiger partial charge in [0.2, 0.25) is 0 Å². The fourth-order valence-electron chi connectivity index (χ4n) is 3.43. The Labute approximate surface area is 131 Å². The summed E-state index contributed by atoms with van der Waals surface area (Å²) >= 11 is 6.08. The van der Waals surface area contributed by atoms with Crippen LogP contribution in [0.4, 0.5) is 5.69 Å². The van der Waals surface area contributed by atoms with Gasteiger partial charge in [0.15, 0.2) is 0 Å². The number of nitrogens with zero attached hydrogens (tertiary/aromatic N) is 2. The molecule has 0 radical (unpaired) electrons. The fraction of sp³-hybridized carbons (Fsp3) is 0.625. The highest BCUT2D eigenvalue weighted by atomic mass is 35.5. The van der Waals surface area contributed by atoms with Gasteiger partial charge in [0, 0.05) is 56.1 Å². The molecule has 2 aliphatic heterocycles. The number of hydrogen-bond acceptors (Lipinski definition) is 4. The molecule has 2 fully saturated rings. The summed E-state index contributed by atoms with van der Waals surface area (Å²) < 4.78 is 5.83. The maximum absolute atomic E-state index is 6.08. The van der Waals surface area contributed by atoms with E-state index in [4.69, 9.17) is 22.1 Å². The number of rotatable bonds is 4. The van der Waals surface area contributed by atoms with E-state index >= 15 is 0 Å². The molecule has 0 spiro atoms. The summed E-state index contributed by atoms with van der Waals surface area (Å²) in [5, 5.41) is 0.800. The summed E-state index contributed by atoms with van der Waals surface area (Å²) in [5.41, 5.74) is 7.21. The zero-order valence-corrected chi connectivity index (χ0v) is 13.1. The number of anilines is 1. The van der Waals surface area contributed by atoms with Gasteiger partial charge in [-0.3, -0.25) is 4.90 Å². The van der Waals surface area contributed by atoms with Crippen molar-refractivity contribution in [2.75, 3.05) is 44.2 Å². The maximum Gasteiger partial charge on any atom is 0.0743 e. The minimum Gasteiger partial charge on any atom is -0.377 e. The molecule has 1 aromatic carbocycles. The molecule has 0 bridgehead atoms. The standard InChI is InChI=1S/C16H24ClN3O/c17-13-3-1-4-14(11-13)19-6-8-20(9-7-19)15(12-18)16-5-2-10-21-16/h1,3-4,11,15-16H,2,5-10,12,18H2. The molecule has 2 saturated heterocycles. The second-order valence-corrected chi connectivity index (χ2v) is 6.29. The summed E-state index contributed by atoms with van der Waals surface area (Å²) in [6, 6.07) is 8.47. The first kappa shape index (κ1) is 15.1. The molecule has 0 aromatic heterocycles. The van der Waals surface area contributed by atoms with Gasteiger partial charge in [0.25, 0.3) is 0 Å². The van der Waals surface area contributed by atoms with Gasteiger partial charge in [-0.05, 0) is 31.0 Å². The molecular formula is C16H24ClN3O. The SMILES string of the molecule is NCC(C1CCCO1)N1CCN(c2cccc(Cl)c2)CC1. The van der Waals surface area contributed by atoms with Crippen LogP contribution >= 0.6 is 11.6 Å². The van der Waals surface area contributed by atoms with Crippen LogP contribution in [0.25, 0.3) is 0 Å². The molecule has 2 N–H and O–H groups in total. The minimum atomic E-state index is 0.327. The first-order valence-electron chi connectivity index (χ1n) is 7.84. The van der Waals surface area contributed by atoms with Gasteiger partial charge in [-0.15, -0.1) is 0 Å². The number of piperazine rings is 1. The van der Waals surface area contributed by atoms with Crippen molar-refractivity contribution in [3.8, 4) is 0 Å². The average Bonchev–Trinajstić information content (AvgIpc) is 3.03. The van der Waals surface area contributed by atoms with Crippen molar-refractivity contribution >= 4 is 17.3 Å². The topological polar surface area (TPSA) is 41.7 Å². The maximum atomic E-state index is 6.08. The van der Waals surface area contributed by atoms with Gasteiger partial charge in [0.1, 0.15) is 0 Å². The van der Waals surface area contributed by atoms with E-state index in [0.29, 0.717) is 18.7 Å². The minimum absolute atomic E-state index is 0.327. The summed E-state index contributed by atoms with van der Waals surface area (Å²) in [6.45, 7) is 5.68. The Morgan fingerprint density at radius 1 is 1.29 bits per heavy atom. The highest BCUT2D eigenvalue weighted by Crippen LogP contribution is 2.24. The van der Waals surface area contributed by atoms with Crippen LogP contribution in [-0.4, -0.2) is 56.4 Å². The van der Waals surface area contributed by atoms with E-state index in [1.807, 2.05) is 18.2 Å². The van der Waals surface area contributed by atoms with Crippen molar-refractivity contribution in [3.63, 3.8) is 0 Å². The van der Waals surface area contributed by atoms with E-state index in [-0.39, 0.29) is 0 Å². The Balaban J connectivity index is 1.59. The predicted octanol–water partition coefficient (Wildman–Crippen LogP) is 1.97. The summed E-state index contributed by atoms with van der Waals surface area (Å²) in [7, 11) is 0. The van der Waals surface area contributed by atoms with Crippen LogP contribution in [0.15, 0.2) is 24.3 Å². The first-order chi connectivity index (χ1) is 10.3. The van der Waals surface area contributed by atoms with Gasteiger partial charge in [-0.25, -0.2) is 0 Å². The van der Waals surface area contributed by atoms with E-state index in [1.54, 1.807) is 0 Å². The molecule has 2 heterocycles. The number of ether oxygens (including phenoxy) is 1. The Morgan fingerprint density at radius 3 is 2.71 bits per heavy atom. The smallest absolute Gasteiger partial charge is 0.0743 e. The van der Waals surface area contributed by atoms with E-state index in [1.165, 1.54) is 12.1 Å². The van der Waals surface area contributed by atoms with Crippen molar-refractivity contribution in [3.05, 3.63) is 29.3 Å². The van der Waals surface area contributed by atoms with Crippen LogP contribution in [0.2, 0.25) is 5.02 Å². The van der Waals surface area contributed by atoms with Gasteiger partial charge < -0.3 is 15.4 Å². The monoisotopic (exact) mass is 309 g/mol. The molecule has 5 heteroatoms. The van der Waals surface area contributed by atoms with Gasteiger partial charge in [-0.2, -0.15) is 0 Å². The highest BCUT2D eigenvalue weighted by Gasteiger charge is 2.31. The lowest BCUT2D eigenvalue weighted by Crippen LogP contribution is -2.56. The number of hydrogen-bond donors (Lipinski definition) is 1. The molecule has 0 amide bonds. The second kappa shape index (κ2) is 6.97. The Morgan fingerprint density at radius 2 is 2.10 bits per heavy atom. The molecule has 21 heavy (non-hydrogen) atoms. The zero-order valence-electron chi connectivity index (χ0n) is 12.4. The largest absolute Gasteiger partial charge is 0.377 e. The van der Waals surface area contributed by atoms with Crippen LogP contribution in [0.3, 0.4) is 0 Å². The van der Waals surface area contributed by atoms with Crippen molar-refractivity contribution in [1.29, 1.82) is 0 Å². The third kappa shape index (κ3) is 3.51. The lowest BCUT2D eigenvalue weighted by Gasteiger charge is -2.41. The van der Waals surface area contributed by atoms with Crippen LogP contribution < -0.4 is 10.6 Å².